The van der Waals surface area contributed by atoms with E-state index in [1.54, 1.807) is 36.7 Å². The van der Waals surface area contributed by atoms with Gasteiger partial charge in [0.05, 0.1) is 17.3 Å². The lowest BCUT2D eigenvalue weighted by Crippen LogP contribution is -2.19. The first-order valence-electron chi connectivity index (χ1n) is 6.35. The van der Waals surface area contributed by atoms with E-state index in [-0.39, 0.29) is 19.1 Å². The van der Waals surface area contributed by atoms with Gasteiger partial charge in [-0.1, -0.05) is 23.4 Å². The lowest BCUT2D eigenvalue weighted by atomic mass is 10.2. The Balaban J connectivity index is 2.06. The predicted molar refractivity (Wildman–Crippen MR) is 80.9 cm³/mol. The summed E-state index contributed by atoms with van der Waals surface area (Å²) < 4.78 is 1.52. The topological polar surface area (TPSA) is 67.2 Å². The third-order valence-corrected chi connectivity index (χ3v) is 2.90. The van der Waals surface area contributed by atoms with E-state index in [4.69, 9.17) is 16.7 Å². The molecule has 0 atom stereocenters. The Hall–Kier alpha value is -2.29. The van der Waals surface area contributed by atoms with Crippen molar-refractivity contribution < 1.29 is 9.90 Å². The molecule has 0 radical (unpaired) electrons. The van der Waals surface area contributed by atoms with Crippen LogP contribution < -0.4 is 5.32 Å². The monoisotopic (exact) mass is 303 g/mol. The average Bonchev–Trinajstić information content (AvgIpc) is 2.95. The molecule has 5 nitrogen and oxygen atoms in total. The van der Waals surface area contributed by atoms with Gasteiger partial charge in [0.15, 0.2) is 0 Å². The Bertz CT molecular complexity index is 672. The van der Waals surface area contributed by atoms with Crippen molar-refractivity contribution in [3.05, 3.63) is 47.2 Å². The minimum Gasteiger partial charge on any atom is -0.395 e. The number of hydrogen-bond acceptors (Lipinski definition) is 3. The fraction of sp³-hybridized carbons (Fsp3) is 0.200. The van der Waals surface area contributed by atoms with Crippen molar-refractivity contribution in [3.8, 4) is 11.8 Å². The number of carbonyl (C=O) groups excluding carboxylic acids is 1. The second-order valence-electron chi connectivity index (χ2n) is 4.22. The highest BCUT2D eigenvalue weighted by Gasteiger charge is 2.07. The molecule has 0 spiro atoms. The van der Waals surface area contributed by atoms with Crippen molar-refractivity contribution >= 4 is 23.2 Å². The highest BCUT2D eigenvalue weighted by atomic mass is 35.5. The van der Waals surface area contributed by atoms with Crippen LogP contribution in [0.1, 0.15) is 12.0 Å². The molecule has 0 saturated carbocycles. The highest BCUT2D eigenvalue weighted by molar-refractivity contribution is 6.33. The van der Waals surface area contributed by atoms with Crippen LogP contribution in [0.15, 0.2) is 36.7 Å². The molecule has 2 N–H and O–H groups in total. The summed E-state index contributed by atoms with van der Waals surface area (Å²) in [6.07, 6.45) is 3.72. The summed E-state index contributed by atoms with van der Waals surface area (Å²) in [4.78, 5) is 11.9. The molecule has 0 aliphatic carbocycles. The number of carbonyl (C=O) groups is 1. The third-order valence-electron chi connectivity index (χ3n) is 2.57. The van der Waals surface area contributed by atoms with Crippen LogP contribution in [0.5, 0.6) is 0 Å². The van der Waals surface area contributed by atoms with Gasteiger partial charge < -0.3 is 10.4 Å². The van der Waals surface area contributed by atoms with Crippen molar-refractivity contribution in [3.63, 3.8) is 0 Å². The molecular weight excluding hydrogens is 290 g/mol. The Morgan fingerprint density at radius 3 is 3.05 bits per heavy atom. The van der Waals surface area contributed by atoms with E-state index in [1.165, 1.54) is 4.68 Å². The van der Waals surface area contributed by atoms with Gasteiger partial charge in [0.2, 0.25) is 5.91 Å². The molecule has 6 heteroatoms. The molecule has 0 aliphatic rings. The van der Waals surface area contributed by atoms with Gasteiger partial charge in [-0.25, -0.2) is 0 Å². The smallest absolute Gasteiger partial charge is 0.246 e. The fourth-order valence-electron chi connectivity index (χ4n) is 1.65. The lowest BCUT2D eigenvalue weighted by Gasteiger charge is -2.08. The van der Waals surface area contributed by atoms with Gasteiger partial charge in [-0.2, -0.15) is 5.10 Å². The van der Waals surface area contributed by atoms with Gasteiger partial charge in [0.25, 0.3) is 0 Å². The van der Waals surface area contributed by atoms with Gasteiger partial charge in [-0.15, -0.1) is 0 Å². The van der Waals surface area contributed by atoms with Crippen LogP contribution >= 0.6 is 11.6 Å². The molecule has 2 aromatic rings. The van der Waals surface area contributed by atoms with Gasteiger partial charge >= 0.3 is 0 Å². The molecule has 0 aliphatic heterocycles. The Kier molecular flexibility index (Phi) is 5.38. The maximum atomic E-state index is 11.9. The minimum atomic E-state index is -0.221. The standard InChI is InChI=1S/C15H14ClN3O2/c16-13-6-5-12(4-1-2-9-20)10-14(13)18-15(21)11-19-8-3-7-17-19/h3,5-8,10,20H,2,9,11H2,(H,18,21). The quantitative estimate of drug-likeness (QED) is 0.848. The van der Waals surface area contributed by atoms with Crippen LogP contribution in [-0.4, -0.2) is 27.4 Å². The summed E-state index contributed by atoms with van der Waals surface area (Å²) in [5.74, 6) is 5.49. The van der Waals surface area contributed by atoms with Crippen molar-refractivity contribution in [2.75, 3.05) is 11.9 Å². The molecular formula is C15H14ClN3O2. The number of amides is 1. The number of nitrogens with one attached hydrogen (secondary N) is 1. The molecule has 0 bridgehead atoms. The number of aromatic nitrogens is 2. The van der Waals surface area contributed by atoms with E-state index in [9.17, 15) is 4.79 Å². The number of aliphatic hydroxyl groups excluding tert-OH is 1. The first kappa shape index (κ1) is 15.1. The molecule has 108 valence electrons. The molecule has 1 amide bonds. The first-order valence-corrected chi connectivity index (χ1v) is 6.73. The number of hydrogen-bond donors (Lipinski definition) is 2. The summed E-state index contributed by atoms with van der Waals surface area (Å²) in [5.41, 5.74) is 1.23. The van der Waals surface area contributed by atoms with Crippen molar-refractivity contribution in [2.24, 2.45) is 0 Å². The molecule has 1 aromatic carbocycles. The second-order valence-corrected chi connectivity index (χ2v) is 4.63. The van der Waals surface area contributed by atoms with E-state index in [0.717, 1.165) is 5.56 Å². The zero-order valence-corrected chi connectivity index (χ0v) is 12.0. The molecule has 0 fully saturated rings. The zero-order valence-electron chi connectivity index (χ0n) is 11.2. The number of rotatable bonds is 4. The molecule has 21 heavy (non-hydrogen) atoms. The summed E-state index contributed by atoms with van der Waals surface area (Å²) in [6, 6.07) is 6.88. The van der Waals surface area contributed by atoms with Gasteiger partial charge in [-0.3, -0.25) is 9.48 Å². The van der Waals surface area contributed by atoms with E-state index < -0.39 is 0 Å². The predicted octanol–water partition coefficient (Wildman–Crippen LogP) is 1.91. The molecule has 1 aromatic heterocycles. The fourth-order valence-corrected chi connectivity index (χ4v) is 1.81. The molecule has 0 saturated heterocycles. The number of anilines is 1. The number of halogens is 1. The summed E-state index contributed by atoms with van der Waals surface area (Å²) in [7, 11) is 0. The largest absolute Gasteiger partial charge is 0.395 e. The molecule has 2 rings (SSSR count). The first-order chi connectivity index (χ1) is 10.2. The Morgan fingerprint density at radius 2 is 2.33 bits per heavy atom. The number of nitrogens with zero attached hydrogens (tertiary/aromatic N) is 2. The van der Waals surface area contributed by atoms with E-state index >= 15 is 0 Å². The van der Waals surface area contributed by atoms with Gasteiger partial charge in [-0.05, 0) is 24.3 Å². The Morgan fingerprint density at radius 1 is 1.48 bits per heavy atom. The van der Waals surface area contributed by atoms with E-state index in [2.05, 4.69) is 22.3 Å². The second kappa shape index (κ2) is 7.48. The van der Waals surface area contributed by atoms with Crippen LogP contribution in [-0.2, 0) is 11.3 Å². The highest BCUT2D eigenvalue weighted by Crippen LogP contribution is 2.22. The summed E-state index contributed by atoms with van der Waals surface area (Å²) >= 11 is 6.06. The van der Waals surface area contributed by atoms with Crippen molar-refractivity contribution in [1.29, 1.82) is 0 Å². The molecule has 0 unspecified atom stereocenters. The third kappa shape index (κ3) is 4.63. The Labute approximate surface area is 127 Å². The number of benzene rings is 1. The van der Waals surface area contributed by atoms with Gasteiger partial charge in [0.1, 0.15) is 6.54 Å². The van der Waals surface area contributed by atoms with Crippen LogP contribution in [0.2, 0.25) is 5.02 Å². The minimum absolute atomic E-state index is 0.0219. The van der Waals surface area contributed by atoms with Crippen molar-refractivity contribution in [2.45, 2.75) is 13.0 Å². The number of aliphatic hydroxyl groups is 1. The van der Waals surface area contributed by atoms with Crippen LogP contribution in [0, 0.1) is 11.8 Å². The van der Waals surface area contributed by atoms with Gasteiger partial charge in [0, 0.05) is 24.4 Å². The maximum Gasteiger partial charge on any atom is 0.246 e. The lowest BCUT2D eigenvalue weighted by molar-refractivity contribution is -0.116. The molecule has 1 heterocycles. The van der Waals surface area contributed by atoms with Crippen LogP contribution in [0.4, 0.5) is 5.69 Å². The maximum absolute atomic E-state index is 11.9. The zero-order chi connectivity index (χ0) is 15.1. The van der Waals surface area contributed by atoms with Crippen LogP contribution in [0.25, 0.3) is 0 Å². The van der Waals surface area contributed by atoms with E-state index in [0.29, 0.717) is 17.1 Å². The SMILES string of the molecule is O=C(Cn1cccn1)Nc1cc(C#CCCO)ccc1Cl. The van der Waals surface area contributed by atoms with Crippen molar-refractivity contribution in [1.82, 2.24) is 9.78 Å². The normalized spacial score (nSPS) is 9.81. The average molecular weight is 304 g/mol. The summed E-state index contributed by atoms with van der Waals surface area (Å²) in [5, 5.41) is 15.8. The van der Waals surface area contributed by atoms with E-state index in [1.807, 2.05) is 0 Å². The van der Waals surface area contributed by atoms with Crippen LogP contribution in [0.3, 0.4) is 0 Å². The summed E-state index contributed by atoms with van der Waals surface area (Å²) in [6.45, 7) is 0.137.